The fourth-order valence-electron chi connectivity index (χ4n) is 2.67. The highest BCUT2D eigenvalue weighted by molar-refractivity contribution is 5.68. The van der Waals surface area contributed by atoms with E-state index in [9.17, 15) is 13.2 Å². The third-order valence-corrected chi connectivity index (χ3v) is 3.97. The standard InChI is InChI=1S/C20H19F3N4O2/c1-29-17-8-7-14(11-15(17)20(21,22)23)25-18-12-16(13-5-3-2-4-6-13)26-19(27-18)24-9-10-28/h2-8,11-12,28H,9-10H2,1H3,(H2,24,25,26,27). The van der Waals surface area contributed by atoms with E-state index in [-0.39, 0.29) is 30.5 Å². The van der Waals surface area contributed by atoms with Crippen LogP contribution in [0.5, 0.6) is 5.75 Å². The molecule has 0 saturated carbocycles. The summed E-state index contributed by atoms with van der Waals surface area (Å²) >= 11 is 0. The normalized spacial score (nSPS) is 11.2. The largest absolute Gasteiger partial charge is 0.496 e. The number of benzene rings is 2. The minimum Gasteiger partial charge on any atom is -0.496 e. The number of aromatic nitrogens is 2. The molecule has 0 saturated heterocycles. The molecule has 2 aromatic carbocycles. The lowest BCUT2D eigenvalue weighted by Gasteiger charge is -2.15. The summed E-state index contributed by atoms with van der Waals surface area (Å²) in [5.74, 6) is 0.283. The van der Waals surface area contributed by atoms with Crippen LogP contribution in [-0.2, 0) is 6.18 Å². The number of aliphatic hydroxyl groups excluding tert-OH is 1. The van der Waals surface area contributed by atoms with Crippen molar-refractivity contribution >= 4 is 17.5 Å². The molecule has 3 rings (SSSR count). The molecule has 1 aromatic heterocycles. The maximum atomic E-state index is 13.3. The number of anilines is 3. The Bertz CT molecular complexity index is 966. The maximum Gasteiger partial charge on any atom is 0.420 e. The number of nitrogens with one attached hydrogen (secondary N) is 2. The molecule has 3 N–H and O–H groups in total. The van der Waals surface area contributed by atoms with Gasteiger partial charge in [-0.2, -0.15) is 18.2 Å². The number of ether oxygens (including phenoxy) is 1. The zero-order valence-electron chi connectivity index (χ0n) is 15.5. The molecule has 0 radical (unpaired) electrons. The van der Waals surface area contributed by atoms with Crippen LogP contribution in [0.3, 0.4) is 0 Å². The third-order valence-electron chi connectivity index (χ3n) is 3.97. The van der Waals surface area contributed by atoms with Crippen LogP contribution in [-0.4, -0.2) is 35.3 Å². The van der Waals surface area contributed by atoms with E-state index in [1.807, 2.05) is 30.3 Å². The number of rotatable bonds is 7. The number of alkyl halides is 3. The predicted molar refractivity (Wildman–Crippen MR) is 104 cm³/mol. The van der Waals surface area contributed by atoms with Crippen molar-refractivity contribution < 1.29 is 23.0 Å². The van der Waals surface area contributed by atoms with Gasteiger partial charge in [-0.05, 0) is 18.2 Å². The molecule has 0 fully saturated rings. The van der Waals surface area contributed by atoms with Gasteiger partial charge >= 0.3 is 6.18 Å². The van der Waals surface area contributed by atoms with Crippen LogP contribution in [0.4, 0.5) is 30.6 Å². The summed E-state index contributed by atoms with van der Waals surface area (Å²) in [6, 6.07) is 14.6. The molecule has 0 aliphatic heterocycles. The van der Waals surface area contributed by atoms with Crippen LogP contribution in [0.15, 0.2) is 54.6 Å². The summed E-state index contributed by atoms with van der Waals surface area (Å²) in [6.07, 6.45) is -4.56. The van der Waals surface area contributed by atoms with E-state index >= 15 is 0 Å². The number of hydrogen-bond donors (Lipinski definition) is 3. The Hall–Kier alpha value is -3.33. The highest BCUT2D eigenvalue weighted by Crippen LogP contribution is 2.38. The van der Waals surface area contributed by atoms with E-state index in [0.717, 1.165) is 11.6 Å². The van der Waals surface area contributed by atoms with Gasteiger partial charge in [-0.3, -0.25) is 0 Å². The molecule has 0 amide bonds. The number of methoxy groups -OCH3 is 1. The number of hydrogen-bond acceptors (Lipinski definition) is 6. The lowest BCUT2D eigenvalue weighted by molar-refractivity contribution is -0.138. The van der Waals surface area contributed by atoms with Gasteiger partial charge in [0.1, 0.15) is 11.6 Å². The number of aliphatic hydroxyl groups is 1. The molecule has 6 nitrogen and oxygen atoms in total. The van der Waals surface area contributed by atoms with E-state index < -0.39 is 11.7 Å². The average molecular weight is 404 g/mol. The molecule has 9 heteroatoms. The molecule has 29 heavy (non-hydrogen) atoms. The Balaban J connectivity index is 1.98. The fourth-order valence-corrected chi connectivity index (χ4v) is 2.67. The highest BCUT2D eigenvalue weighted by atomic mass is 19.4. The SMILES string of the molecule is COc1ccc(Nc2cc(-c3ccccc3)nc(NCCO)n2)cc1C(F)(F)F. The predicted octanol–water partition coefficient (Wildman–Crippen LogP) is 4.32. The molecule has 0 unspecified atom stereocenters. The lowest BCUT2D eigenvalue weighted by atomic mass is 10.1. The van der Waals surface area contributed by atoms with Crippen molar-refractivity contribution in [3.05, 3.63) is 60.2 Å². The van der Waals surface area contributed by atoms with Crippen molar-refractivity contribution in [3.63, 3.8) is 0 Å². The summed E-state index contributed by atoms with van der Waals surface area (Å²) < 4.78 is 44.6. The van der Waals surface area contributed by atoms with Crippen molar-refractivity contribution in [2.75, 3.05) is 30.9 Å². The second-order valence-electron chi connectivity index (χ2n) is 6.02. The Kier molecular flexibility index (Phi) is 6.18. The summed E-state index contributed by atoms with van der Waals surface area (Å²) in [5, 5.41) is 14.8. The van der Waals surface area contributed by atoms with Gasteiger partial charge in [0, 0.05) is 23.9 Å². The molecule has 0 aliphatic carbocycles. The fraction of sp³-hybridized carbons (Fsp3) is 0.200. The van der Waals surface area contributed by atoms with Crippen LogP contribution < -0.4 is 15.4 Å². The summed E-state index contributed by atoms with van der Waals surface area (Å²) in [5.41, 5.74) is 0.703. The van der Waals surface area contributed by atoms with Gasteiger partial charge in [-0.15, -0.1) is 0 Å². The second-order valence-corrected chi connectivity index (χ2v) is 6.02. The first-order valence-corrected chi connectivity index (χ1v) is 8.72. The van der Waals surface area contributed by atoms with Gasteiger partial charge in [0.25, 0.3) is 0 Å². The molecule has 0 bridgehead atoms. The van der Waals surface area contributed by atoms with E-state index in [0.29, 0.717) is 11.5 Å². The Morgan fingerprint density at radius 3 is 2.45 bits per heavy atom. The molecule has 0 aliphatic rings. The third kappa shape index (κ3) is 5.14. The summed E-state index contributed by atoms with van der Waals surface area (Å²) in [6.45, 7) is 0.119. The molecular weight excluding hydrogens is 385 g/mol. The summed E-state index contributed by atoms with van der Waals surface area (Å²) in [4.78, 5) is 8.66. The van der Waals surface area contributed by atoms with E-state index in [1.165, 1.54) is 19.2 Å². The lowest BCUT2D eigenvalue weighted by Crippen LogP contribution is -2.11. The van der Waals surface area contributed by atoms with E-state index in [1.54, 1.807) is 6.07 Å². The Labute approximate surface area is 165 Å². The van der Waals surface area contributed by atoms with Crippen molar-refractivity contribution in [2.24, 2.45) is 0 Å². The van der Waals surface area contributed by atoms with Gasteiger partial charge in [0.05, 0.1) is 25.0 Å². The minimum atomic E-state index is -4.56. The quantitative estimate of drug-likeness (QED) is 0.544. The van der Waals surface area contributed by atoms with E-state index in [4.69, 9.17) is 9.84 Å². The zero-order chi connectivity index (χ0) is 20.9. The van der Waals surface area contributed by atoms with Gasteiger partial charge in [0.2, 0.25) is 5.95 Å². The van der Waals surface area contributed by atoms with Crippen molar-refractivity contribution in [3.8, 4) is 17.0 Å². The number of halogens is 3. The Morgan fingerprint density at radius 1 is 1.03 bits per heavy atom. The van der Waals surface area contributed by atoms with Crippen molar-refractivity contribution in [1.82, 2.24) is 9.97 Å². The van der Waals surface area contributed by atoms with Gasteiger partial charge in [0.15, 0.2) is 0 Å². The van der Waals surface area contributed by atoms with E-state index in [2.05, 4.69) is 20.6 Å². The van der Waals surface area contributed by atoms with Gasteiger partial charge in [-0.1, -0.05) is 30.3 Å². The second kappa shape index (κ2) is 8.78. The number of nitrogens with zero attached hydrogens (tertiary/aromatic N) is 2. The summed E-state index contributed by atoms with van der Waals surface area (Å²) in [7, 11) is 1.19. The minimum absolute atomic E-state index is 0.116. The first kappa shape index (κ1) is 20.4. The van der Waals surface area contributed by atoms with Crippen LogP contribution in [0.25, 0.3) is 11.3 Å². The topological polar surface area (TPSA) is 79.3 Å². The first-order valence-electron chi connectivity index (χ1n) is 8.72. The van der Waals surface area contributed by atoms with Crippen LogP contribution in [0.2, 0.25) is 0 Å². The highest BCUT2D eigenvalue weighted by Gasteiger charge is 2.34. The van der Waals surface area contributed by atoms with Gasteiger partial charge in [-0.25, -0.2) is 4.98 Å². The van der Waals surface area contributed by atoms with Crippen LogP contribution in [0, 0.1) is 0 Å². The monoisotopic (exact) mass is 404 g/mol. The molecule has 0 atom stereocenters. The molecule has 0 spiro atoms. The smallest absolute Gasteiger partial charge is 0.420 e. The Morgan fingerprint density at radius 2 is 1.79 bits per heavy atom. The van der Waals surface area contributed by atoms with Crippen molar-refractivity contribution in [2.45, 2.75) is 6.18 Å². The molecule has 1 heterocycles. The maximum absolute atomic E-state index is 13.3. The van der Waals surface area contributed by atoms with Gasteiger partial charge < -0.3 is 20.5 Å². The van der Waals surface area contributed by atoms with Crippen molar-refractivity contribution in [1.29, 1.82) is 0 Å². The zero-order valence-corrected chi connectivity index (χ0v) is 15.5. The van der Waals surface area contributed by atoms with Crippen LogP contribution in [0.1, 0.15) is 5.56 Å². The molecule has 152 valence electrons. The van der Waals surface area contributed by atoms with Crippen LogP contribution >= 0.6 is 0 Å². The first-order chi connectivity index (χ1) is 13.9. The molecular formula is C20H19F3N4O2. The average Bonchev–Trinajstić information content (AvgIpc) is 2.72. The molecule has 3 aromatic rings.